The van der Waals surface area contributed by atoms with E-state index in [9.17, 15) is 13.0 Å². The highest BCUT2D eigenvalue weighted by Gasteiger charge is 2.34. The predicted octanol–water partition coefficient (Wildman–Crippen LogP) is 10.2. The van der Waals surface area contributed by atoms with E-state index in [1.54, 1.807) is 0 Å². The standard InChI is InChI=1S/C43H36O6S2/c1-27(2)38-26-40(50(44,45)46)35-21-9-10-22-37(35)42(38)49-51(47,48)43-39(34-23-11-16-28-13-3-6-18-31(28)34)25-30-15-5-8-20-33(30)41(43)36-24-12-17-29-14-4-7-19-32(29)36/h3-8,11-20,23-27H,9-10,21-22H2,1-2H3,(H,44,45,46)/p-1. The summed E-state index contributed by atoms with van der Waals surface area (Å²) in [6.45, 7) is 3.68. The molecule has 8 heteroatoms. The summed E-state index contributed by atoms with van der Waals surface area (Å²) in [5, 5.41) is 5.32. The van der Waals surface area contributed by atoms with Gasteiger partial charge in [-0.1, -0.05) is 123 Å². The van der Waals surface area contributed by atoms with Gasteiger partial charge in [0, 0.05) is 22.3 Å². The zero-order valence-corrected chi connectivity index (χ0v) is 29.9. The fraction of sp³-hybridized carbons (Fsp3) is 0.163. The molecule has 256 valence electrons. The molecule has 0 spiro atoms. The summed E-state index contributed by atoms with van der Waals surface area (Å²) in [7, 11) is -9.48. The molecule has 0 atom stereocenters. The maximum absolute atomic E-state index is 15.4. The maximum Gasteiger partial charge on any atom is 0.340 e. The van der Waals surface area contributed by atoms with Crippen molar-refractivity contribution in [3.63, 3.8) is 0 Å². The van der Waals surface area contributed by atoms with Crippen molar-refractivity contribution in [3.8, 4) is 28.0 Å². The lowest BCUT2D eigenvalue weighted by Gasteiger charge is -2.28. The van der Waals surface area contributed by atoms with Crippen LogP contribution in [0.4, 0.5) is 0 Å². The first kappa shape index (κ1) is 33.1. The number of benzene rings is 7. The maximum atomic E-state index is 15.4. The van der Waals surface area contributed by atoms with Crippen molar-refractivity contribution in [3.05, 3.63) is 138 Å². The molecular weight excluding hydrogens is 677 g/mol. The Morgan fingerprint density at radius 3 is 1.75 bits per heavy atom. The molecule has 1 aliphatic rings. The van der Waals surface area contributed by atoms with Gasteiger partial charge in [-0.3, -0.25) is 0 Å². The van der Waals surface area contributed by atoms with E-state index in [0.717, 1.165) is 43.4 Å². The Bertz CT molecular complexity index is 2740. The van der Waals surface area contributed by atoms with E-state index in [2.05, 4.69) is 0 Å². The van der Waals surface area contributed by atoms with Gasteiger partial charge in [-0.25, -0.2) is 8.42 Å². The van der Waals surface area contributed by atoms with Crippen LogP contribution in [0.15, 0.2) is 131 Å². The van der Waals surface area contributed by atoms with Crippen LogP contribution in [0, 0.1) is 0 Å². The van der Waals surface area contributed by atoms with Crippen molar-refractivity contribution in [1.29, 1.82) is 0 Å². The van der Waals surface area contributed by atoms with Gasteiger partial charge in [0.15, 0.2) is 0 Å². The molecule has 0 N–H and O–H groups in total. The molecule has 0 bridgehead atoms. The third kappa shape index (κ3) is 5.77. The average Bonchev–Trinajstić information content (AvgIpc) is 3.13. The Hall–Kier alpha value is -5.02. The molecule has 0 saturated heterocycles. The van der Waals surface area contributed by atoms with Crippen molar-refractivity contribution >= 4 is 52.6 Å². The van der Waals surface area contributed by atoms with E-state index >= 15 is 8.42 Å². The third-order valence-corrected chi connectivity index (χ3v) is 12.3. The zero-order valence-electron chi connectivity index (χ0n) is 28.2. The van der Waals surface area contributed by atoms with Gasteiger partial charge in [-0.2, -0.15) is 8.42 Å². The molecule has 6 nitrogen and oxygen atoms in total. The quantitative estimate of drug-likeness (QED) is 0.121. The van der Waals surface area contributed by atoms with Crippen molar-refractivity contribution < 1.29 is 25.6 Å². The molecule has 51 heavy (non-hydrogen) atoms. The SMILES string of the molecule is CC(C)c1cc(S(=O)(=O)[O-])c2c(c1OS(=O)(=O)c1c(-c3cccc4ccccc34)cc3ccccc3c1-c1cccc3ccccc13)CCCC2. The summed E-state index contributed by atoms with van der Waals surface area (Å²) >= 11 is 0. The van der Waals surface area contributed by atoms with E-state index < -0.39 is 20.2 Å². The van der Waals surface area contributed by atoms with E-state index in [-0.39, 0.29) is 21.5 Å². The molecule has 0 heterocycles. The number of hydrogen-bond acceptors (Lipinski definition) is 6. The zero-order chi connectivity index (χ0) is 35.5. The lowest BCUT2D eigenvalue weighted by molar-refractivity contribution is 0.458. The smallest absolute Gasteiger partial charge is 0.340 e. The monoisotopic (exact) mass is 711 g/mol. The average molecular weight is 712 g/mol. The summed E-state index contributed by atoms with van der Waals surface area (Å²) in [6, 6.07) is 38.6. The Morgan fingerprint density at radius 2 is 1.12 bits per heavy atom. The van der Waals surface area contributed by atoms with Crippen LogP contribution in [0.25, 0.3) is 54.6 Å². The van der Waals surface area contributed by atoms with Gasteiger partial charge >= 0.3 is 10.1 Å². The highest BCUT2D eigenvalue weighted by Crippen LogP contribution is 2.48. The number of rotatable bonds is 7. The summed E-state index contributed by atoms with van der Waals surface area (Å²) in [5.74, 6) is -0.220. The Balaban J connectivity index is 1.51. The van der Waals surface area contributed by atoms with Gasteiger partial charge in [-0.15, -0.1) is 0 Å². The Morgan fingerprint density at radius 1 is 0.588 bits per heavy atom. The topological polar surface area (TPSA) is 101 Å². The summed E-state index contributed by atoms with van der Waals surface area (Å²) in [5.41, 5.74) is 3.69. The van der Waals surface area contributed by atoms with Gasteiger partial charge in [0.25, 0.3) is 0 Å². The summed E-state index contributed by atoms with van der Waals surface area (Å²) < 4.78 is 74.9. The minimum absolute atomic E-state index is 0.0219. The second-order valence-corrected chi connectivity index (χ2v) is 16.3. The first-order chi connectivity index (χ1) is 24.5. The van der Waals surface area contributed by atoms with Crippen molar-refractivity contribution in [2.24, 2.45) is 0 Å². The number of fused-ring (bicyclic) bond motifs is 4. The first-order valence-corrected chi connectivity index (χ1v) is 20.0. The van der Waals surface area contributed by atoms with Crippen molar-refractivity contribution in [1.82, 2.24) is 0 Å². The van der Waals surface area contributed by atoms with E-state index in [1.807, 2.05) is 129 Å². The number of hydrogen-bond donors (Lipinski definition) is 0. The Kier molecular flexibility index (Phi) is 8.21. The fourth-order valence-corrected chi connectivity index (χ4v) is 9.96. The van der Waals surface area contributed by atoms with Crippen LogP contribution in [0.2, 0.25) is 0 Å². The van der Waals surface area contributed by atoms with Crippen molar-refractivity contribution in [2.75, 3.05) is 0 Å². The van der Waals surface area contributed by atoms with Gasteiger partial charge in [0.1, 0.15) is 20.8 Å². The van der Waals surface area contributed by atoms with Crippen LogP contribution in [0.3, 0.4) is 0 Å². The summed E-state index contributed by atoms with van der Waals surface area (Å²) in [4.78, 5) is -0.266. The molecule has 8 rings (SSSR count). The van der Waals surface area contributed by atoms with Crippen LogP contribution in [0.1, 0.15) is 49.3 Å². The minimum atomic E-state index is -4.82. The van der Waals surface area contributed by atoms with Gasteiger partial charge in [-0.05, 0) is 92.7 Å². The lowest BCUT2D eigenvalue weighted by atomic mass is 9.87. The molecule has 0 aromatic heterocycles. The molecule has 0 unspecified atom stereocenters. The minimum Gasteiger partial charge on any atom is -0.744 e. The normalized spacial score (nSPS) is 13.6. The highest BCUT2D eigenvalue weighted by atomic mass is 32.2. The molecule has 0 saturated carbocycles. The highest BCUT2D eigenvalue weighted by molar-refractivity contribution is 7.87. The third-order valence-electron chi connectivity index (χ3n) is 10.1. The van der Waals surface area contributed by atoms with Crippen LogP contribution in [0.5, 0.6) is 5.75 Å². The van der Waals surface area contributed by atoms with Gasteiger partial charge in [0.2, 0.25) is 0 Å². The van der Waals surface area contributed by atoms with Gasteiger partial charge < -0.3 is 8.74 Å². The molecular formula is C43H35O6S2-. The second kappa shape index (κ2) is 12.6. The van der Waals surface area contributed by atoms with Crippen LogP contribution in [-0.2, 0) is 33.1 Å². The molecule has 0 fully saturated rings. The Labute approximate surface area is 298 Å². The van der Waals surface area contributed by atoms with Gasteiger partial charge in [0.05, 0.1) is 4.90 Å². The molecule has 1 aliphatic carbocycles. The van der Waals surface area contributed by atoms with E-state index in [1.165, 1.54) is 6.07 Å². The largest absolute Gasteiger partial charge is 0.744 e. The fourth-order valence-electron chi connectivity index (χ4n) is 7.76. The van der Waals surface area contributed by atoms with Crippen LogP contribution < -0.4 is 4.18 Å². The van der Waals surface area contributed by atoms with E-state index in [0.29, 0.717) is 53.5 Å². The predicted molar refractivity (Wildman–Crippen MR) is 203 cm³/mol. The second-order valence-electron chi connectivity index (χ2n) is 13.5. The lowest BCUT2D eigenvalue weighted by Crippen LogP contribution is -2.19. The van der Waals surface area contributed by atoms with Crippen molar-refractivity contribution in [2.45, 2.75) is 55.2 Å². The molecule has 0 aliphatic heterocycles. The molecule has 7 aromatic rings. The summed E-state index contributed by atoms with van der Waals surface area (Å²) in [6.07, 6.45) is 2.14. The van der Waals surface area contributed by atoms with E-state index in [4.69, 9.17) is 4.18 Å². The molecule has 7 aromatic carbocycles. The van der Waals surface area contributed by atoms with Crippen LogP contribution >= 0.6 is 0 Å². The molecule has 0 radical (unpaired) electrons. The first-order valence-electron chi connectivity index (χ1n) is 17.1. The van der Waals surface area contributed by atoms with Crippen LogP contribution in [-0.4, -0.2) is 21.4 Å². The molecule has 0 amide bonds.